The van der Waals surface area contributed by atoms with E-state index in [4.69, 9.17) is 0 Å². The summed E-state index contributed by atoms with van der Waals surface area (Å²) in [6.07, 6.45) is 3.51. The summed E-state index contributed by atoms with van der Waals surface area (Å²) in [7, 11) is 1.81. The minimum Gasteiger partial charge on any atom is -0.622 e. The molecule has 4 heteroatoms. The number of hydrogen-bond donors (Lipinski definition) is 0. The van der Waals surface area contributed by atoms with Crippen LogP contribution in [0.25, 0.3) is 0 Å². The Morgan fingerprint density at radius 2 is 2.11 bits per heavy atom. The summed E-state index contributed by atoms with van der Waals surface area (Å²) in [6, 6.07) is 0. The first kappa shape index (κ1) is 14.4. The van der Waals surface area contributed by atoms with Crippen LogP contribution in [0.15, 0.2) is 0 Å². The maximum atomic E-state index is 12.8. The molecule has 0 radical (unpaired) electrons. The largest absolute Gasteiger partial charge is 0.622 e. The summed E-state index contributed by atoms with van der Waals surface area (Å²) in [5.41, 5.74) is -0.198. The predicted octanol–water partition coefficient (Wildman–Crippen LogP) is 2.61. The summed E-state index contributed by atoms with van der Waals surface area (Å²) in [5, 5.41) is 12.8. The van der Waals surface area contributed by atoms with Crippen LogP contribution in [-0.2, 0) is 4.79 Å². The highest BCUT2D eigenvalue weighted by atomic mass is 16.5. The second-order valence-corrected chi connectivity index (χ2v) is 6.57. The number of amides is 1. The van der Waals surface area contributed by atoms with Crippen molar-refractivity contribution in [2.45, 2.75) is 59.0 Å². The Bertz CT molecular complexity index is 416. The van der Waals surface area contributed by atoms with E-state index in [1.807, 2.05) is 14.0 Å². The van der Waals surface area contributed by atoms with Crippen LogP contribution in [0.2, 0.25) is 0 Å². The Kier molecular flexibility index (Phi) is 3.63. The van der Waals surface area contributed by atoms with Gasteiger partial charge in [-0.25, -0.2) is 0 Å². The average molecular weight is 266 g/mol. The van der Waals surface area contributed by atoms with Crippen LogP contribution < -0.4 is 0 Å². The van der Waals surface area contributed by atoms with Gasteiger partial charge < -0.3 is 5.21 Å². The molecular weight excluding hydrogens is 240 g/mol. The lowest BCUT2D eigenvalue weighted by molar-refractivity contribution is -0.587. The van der Waals surface area contributed by atoms with Crippen molar-refractivity contribution in [3.63, 3.8) is 0 Å². The molecule has 1 fully saturated rings. The fourth-order valence-corrected chi connectivity index (χ4v) is 4.07. The van der Waals surface area contributed by atoms with Crippen molar-refractivity contribution >= 4 is 11.6 Å². The summed E-state index contributed by atoms with van der Waals surface area (Å²) in [6.45, 7) is 8.41. The van der Waals surface area contributed by atoms with E-state index < -0.39 is 5.66 Å². The third-order valence-corrected chi connectivity index (χ3v) is 5.08. The van der Waals surface area contributed by atoms with Gasteiger partial charge in [0.2, 0.25) is 0 Å². The molecule has 0 saturated heterocycles. The monoisotopic (exact) mass is 266 g/mol. The van der Waals surface area contributed by atoms with Crippen molar-refractivity contribution < 1.29 is 9.53 Å². The lowest BCUT2D eigenvalue weighted by Gasteiger charge is -2.46. The van der Waals surface area contributed by atoms with E-state index in [2.05, 4.69) is 20.8 Å². The molecule has 0 N–H and O–H groups in total. The van der Waals surface area contributed by atoms with Crippen LogP contribution in [0.3, 0.4) is 0 Å². The fraction of sp³-hybridized carbons (Fsp3) is 0.867. The number of carbonyl (C=O) groups excluding carboxylic acids is 1. The van der Waals surface area contributed by atoms with Gasteiger partial charge in [0.25, 0.3) is 11.4 Å². The summed E-state index contributed by atoms with van der Waals surface area (Å²) >= 11 is 0. The van der Waals surface area contributed by atoms with Crippen molar-refractivity contribution in [2.75, 3.05) is 7.05 Å². The molecule has 1 amide bonds. The first-order valence-electron chi connectivity index (χ1n) is 7.47. The van der Waals surface area contributed by atoms with E-state index in [9.17, 15) is 10.0 Å². The van der Waals surface area contributed by atoms with Gasteiger partial charge in [0.15, 0.2) is 0 Å². The SMILES string of the molecule is CCC1=[N+]([O-])[C@]2(C[C@H](C)CC[C@H]2C(C)C)N(C)C1=O. The van der Waals surface area contributed by atoms with Crippen molar-refractivity contribution in [2.24, 2.45) is 17.8 Å². The molecule has 0 bridgehead atoms. The van der Waals surface area contributed by atoms with Crippen molar-refractivity contribution in [3.8, 4) is 0 Å². The summed E-state index contributed by atoms with van der Waals surface area (Å²) < 4.78 is 1.07. The second kappa shape index (κ2) is 4.80. The quantitative estimate of drug-likeness (QED) is 0.569. The van der Waals surface area contributed by atoms with Gasteiger partial charge in [0.1, 0.15) is 0 Å². The molecule has 2 aliphatic rings. The predicted molar refractivity (Wildman–Crippen MR) is 75.8 cm³/mol. The van der Waals surface area contributed by atoms with E-state index in [0.29, 0.717) is 24.0 Å². The highest BCUT2D eigenvalue weighted by Crippen LogP contribution is 2.46. The first-order chi connectivity index (χ1) is 8.86. The Balaban J connectivity index is 2.53. The Labute approximate surface area is 116 Å². The Morgan fingerprint density at radius 3 is 2.58 bits per heavy atom. The highest BCUT2D eigenvalue weighted by Gasteiger charge is 2.61. The molecule has 1 aliphatic heterocycles. The van der Waals surface area contributed by atoms with Crippen LogP contribution >= 0.6 is 0 Å². The molecule has 1 aliphatic carbocycles. The smallest absolute Gasteiger partial charge is 0.319 e. The zero-order valence-electron chi connectivity index (χ0n) is 12.8. The van der Waals surface area contributed by atoms with Crippen LogP contribution in [-0.4, -0.2) is 34.0 Å². The van der Waals surface area contributed by atoms with Crippen LogP contribution in [0.1, 0.15) is 53.4 Å². The standard InChI is InChI=1S/C15H26N2O2/c1-6-13-14(18)16(5)15(17(13)19)9-11(4)7-8-12(15)10(2)3/h10-12H,6-9H2,1-5H3/t11-,12+,15+/m1/s1. The molecule has 19 heavy (non-hydrogen) atoms. The molecule has 0 aromatic carbocycles. The molecular formula is C15H26N2O2. The van der Waals surface area contributed by atoms with Gasteiger partial charge in [-0.05, 0) is 24.7 Å². The number of rotatable bonds is 2. The topological polar surface area (TPSA) is 46.4 Å². The molecule has 3 atom stereocenters. The van der Waals surface area contributed by atoms with Gasteiger partial charge in [-0.2, -0.15) is 4.74 Å². The van der Waals surface area contributed by atoms with E-state index in [1.54, 1.807) is 4.90 Å². The van der Waals surface area contributed by atoms with Crippen molar-refractivity contribution in [1.29, 1.82) is 0 Å². The van der Waals surface area contributed by atoms with Gasteiger partial charge in [0, 0.05) is 25.8 Å². The molecule has 0 unspecified atom stereocenters. The van der Waals surface area contributed by atoms with E-state index in [-0.39, 0.29) is 11.8 Å². The molecule has 0 aromatic heterocycles. The molecule has 1 heterocycles. The van der Waals surface area contributed by atoms with Gasteiger partial charge in [0.05, 0.1) is 0 Å². The van der Waals surface area contributed by atoms with Crippen LogP contribution in [0.4, 0.5) is 0 Å². The van der Waals surface area contributed by atoms with E-state index in [1.165, 1.54) is 0 Å². The lowest BCUT2D eigenvalue weighted by atomic mass is 9.69. The van der Waals surface area contributed by atoms with Gasteiger partial charge in [-0.1, -0.05) is 27.7 Å². The second-order valence-electron chi connectivity index (χ2n) is 6.57. The number of hydrogen-bond acceptors (Lipinski definition) is 2. The van der Waals surface area contributed by atoms with E-state index in [0.717, 1.165) is 24.0 Å². The van der Waals surface area contributed by atoms with Gasteiger partial charge in [-0.15, -0.1) is 0 Å². The third kappa shape index (κ3) is 1.87. The first-order valence-corrected chi connectivity index (χ1v) is 7.47. The third-order valence-electron chi connectivity index (χ3n) is 5.08. The Morgan fingerprint density at radius 1 is 1.47 bits per heavy atom. The zero-order chi connectivity index (χ0) is 14.4. The average Bonchev–Trinajstić information content (AvgIpc) is 2.52. The van der Waals surface area contributed by atoms with Crippen molar-refractivity contribution in [1.82, 2.24) is 4.90 Å². The number of nitrogens with zero attached hydrogens (tertiary/aromatic N) is 2. The van der Waals surface area contributed by atoms with Gasteiger partial charge in [-0.3, -0.25) is 9.69 Å². The number of hydroxylamine groups is 1. The van der Waals surface area contributed by atoms with Crippen molar-refractivity contribution in [3.05, 3.63) is 5.21 Å². The fourth-order valence-electron chi connectivity index (χ4n) is 4.07. The van der Waals surface area contributed by atoms with E-state index >= 15 is 0 Å². The number of carbonyl (C=O) groups is 1. The minimum absolute atomic E-state index is 0.0720. The molecule has 108 valence electrons. The summed E-state index contributed by atoms with van der Waals surface area (Å²) in [5.74, 6) is 1.10. The lowest BCUT2D eigenvalue weighted by Crippen LogP contribution is -2.59. The molecule has 1 spiro atoms. The maximum absolute atomic E-state index is 12.8. The Hall–Kier alpha value is -1.06. The maximum Gasteiger partial charge on any atom is 0.319 e. The molecule has 1 saturated carbocycles. The molecule has 0 aromatic rings. The normalized spacial score (nSPS) is 35.9. The summed E-state index contributed by atoms with van der Waals surface area (Å²) in [4.78, 5) is 14.1. The van der Waals surface area contributed by atoms with Crippen LogP contribution in [0.5, 0.6) is 0 Å². The van der Waals surface area contributed by atoms with Crippen LogP contribution in [0, 0.1) is 23.0 Å². The van der Waals surface area contributed by atoms with Gasteiger partial charge >= 0.3 is 5.91 Å². The molecule has 2 rings (SSSR count). The zero-order valence-corrected chi connectivity index (χ0v) is 12.8. The minimum atomic E-state index is -0.631. The highest BCUT2D eigenvalue weighted by molar-refractivity contribution is 6.37. The molecule has 4 nitrogen and oxygen atoms in total.